The monoisotopic (exact) mass is 262 g/mol. The van der Waals surface area contributed by atoms with E-state index in [1.54, 1.807) is 0 Å². The van der Waals surface area contributed by atoms with Gasteiger partial charge in [-0.25, -0.2) is 4.98 Å². The molecule has 0 fully saturated rings. The molecule has 0 unspecified atom stereocenters. The van der Waals surface area contributed by atoms with Crippen LogP contribution in [-0.2, 0) is 4.79 Å². The molecule has 0 aliphatic rings. The highest BCUT2D eigenvalue weighted by atomic mass is 35.5. The molecular weight excluding hydrogens is 255 g/mol. The Hall–Kier alpha value is -1.33. The first-order chi connectivity index (χ1) is 7.40. The Morgan fingerprint density at radius 3 is 2.31 bits per heavy atom. The number of carbonyl (C=O) groups excluding carboxylic acids is 1. The molecule has 0 aromatic carbocycles. The van der Waals surface area contributed by atoms with E-state index in [4.69, 9.17) is 28.3 Å². The van der Waals surface area contributed by atoms with Crippen molar-refractivity contribution in [3.05, 3.63) is 28.0 Å². The van der Waals surface area contributed by atoms with Gasteiger partial charge in [0.15, 0.2) is 0 Å². The highest BCUT2D eigenvalue weighted by Crippen LogP contribution is 2.15. The van der Waals surface area contributed by atoms with Gasteiger partial charge in [0, 0.05) is 12.6 Å². The lowest BCUT2D eigenvalue weighted by Crippen LogP contribution is -2.31. The highest BCUT2D eigenvalue weighted by Gasteiger charge is 2.15. The smallest absolute Gasteiger partial charge is 0.323 e. The molecule has 0 aliphatic carbocycles. The van der Waals surface area contributed by atoms with E-state index in [2.05, 4.69) is 4.98 Å². The van der Waals surface area contributed by atoms with Crippen LogP contribution in [0.4, 0.5) is 0 Å². The Labute approximate surface area is 102 Å². The van der Waals surface area contributed by atoms with Crippen molar-refractivity contribution in [2.75, 3.05) is 13.6 Å². The fourth-order valence-electron chi connectivity index (χ4n) is 1.08. The fraction of sp³-hybridized carbons (Fsp3) is 0.222. The molecule has 0 atom stereocenters. The van der Waals surface area contributed by atoms with E-state index in [-0.39, 0.29) is 15.9 Å². The molecule has 1 aromatic rings. The summed E-state index contributed by atoms with van der Waals surface area (Å²) in [7, 11) is 1.37. The summed E-state index contributed by atoms with van der Waals surface area (Å²) in [6, 6.07) is 2.65. The number of pyridine rings is 1. The zero-order chi connectivity index (χ0) is 12.3. The molecular formula is C9H8Cl2N2O3. The number of aromatic nitrogens is 1. The first kappa shape index (κ1) is 12.7. The lowest BCUT2D eigenvalue weighted by Gasteiger charge is -2.14. The zero-order valence-electron chi connectivity index (χ0n) is 8.28. The summed E-state index contributed by atoms with van der Waals surface area (Å²) < 4.78 is 0. The van der Waals surface area contributed by atoms with Crippen LogP contribution in [0.2, 0.25) is 10.3 Å². The Bertz CT molecular complexity index is 417. The largest absolute Gasteiger partial charge is 0.480 e. The molecule has 0 radical (unpaired) electrons. The summed E-state index contributed by atoms with van der Waals surface area (Å²) in [5.41, 5.74) is 0.203. The minimum absolute atomic E-state index is 0.0829. The second kappa shape index (κ2) is 5.14. The maximum atomic E-state index is 11.7. The van der Waals surface area contributed by atoms with Crippen molar-refractivity contribution in [3.8, 4) is 0 Å². The maximum Gasteiger partial charge on any atom is 0.323 e. The number of hydrogen-bond acceptors (Lipinski definition) is 3. The number of carboxylic acids is 1. The Morgan fingerprint density at radius 1 is 1.38 bits per heavy atom. The average Bonchev–Trinajstić information content (AvgIpc) is 2.13. The van der Waals surface area contributed by atoms with Crippen molar-refractivity contribution >= 4 is 35.1 Å². The lowest BCUT2D eigenvalue weighted by molar-refractivity contribution is -0.137. The third-order valence-electron chi connectivity index (χ3n) is 1.73. The van der Waals surface area contributed by atoms with Gasteiger partial charge >= 0.3 is 5.97 Å². The number of rotatable bonds is 3. The Morgan fingerprint density at radius 2 is 1.88 bits per heavy atom. The van der Waals surface area contributed by atoms with E-state index >= 15 is 0 Å². The predicted molar refractivity (Wildman–Crippen MR) is 58.9 cm³/mol. The summed E-state index contributed by atoms with van der Waals surface area (Å²) in [6.07, 6.45) is 0. The SMILES string of the molecule is CN(CC(=O)O)C(=O)c1cc(Cl)nc(Cl)c1. The van der Waals surface area contributed by atoms with Crippen LogP contribution < -0.4 is 0 Å². The molecule has 16 heavy (non-hydrogen) atoms. The van der Waals surface area contributed by atoms with Crippen molar-refractivity contribution < 1.29 is 14.7 Å². The Balaban J connectivity index is 2.91. The van der Waals surface area contributed by atoms with Crippen LogP contribution >= 0.6 is 23.2 Å². The molecule has 86 valence electrons. The molecule has 0 saturated heterocycles. The van der Waals surface area contributed by atoms with Gasteiger partial charge in [0.05, 0.1) is 0 Å². The molecule has 1 amide bonds. The van der Waals surface area contributed by atoms with Gasteiger partial charge in [-0.2, -0.15) is 0 Å². The summed E-state index contributed by atoms with van der Waals surface area (Å²) in [6.45, 7) is -0.392. The van der Waals surface area contributed by atoms with Crippen LogP contribution in [0.5, 0.6) is 0 Å². The molecule has 1 N–H and O–H groups in total. The number of halogens is 2. The quantitative estimate of drug-likeness (QED) is 0.840. The molecule has 7 heteroatoms. The predicted octanol–water partition coefficient (Wildman–Crippen LogP) is 1.54. The van der Waals surface area contributed by atoms with E-state index < -0.39 is 18.4 Å². The van der Waals surface area contributed by atoms with Crippen molar-refractivity contribution in [1.82, 2.24) is 9.88 Å². The van der Waals surface area contributed by atoms with Gasteiger partial charge in [0.1, 0.15) is 16.9 Å². The summed E-state index contributed by atoms with van der Waals surface area (Å²) in [5.74, 6) is -1.57. The molecule has 0 bridgehead atoms. The third kappa shape index (κ3) is 3.36. The first-order valence-corrected chi connectivity index (χ1v) is 4.96. The van der Waals surface area contributed by atoms with Crippen molar-refractivity contribution in [2.45, 2.75) is 0 Å². The van der Waals surface area contributed by atoms with E-state index in [0.717, 1.165) is 4.90 Å². The molecule has 0 saturated carbocycles. The van der Waals surface area contributed by atoms with Crippen molar-refractivity contribution in [1.29, 1.82) is 0 Å². The van der Waals surface area contributed by atoms with Crippen LogP contribution in [0.15, 0.2) is 12.1 Å². The molecule has 0 aliphatic heterocycles. The van der Waals surface area contributed by atoms with E-state index in [0.29, 0.717) is 0 Å². The number of aliphatic carboxylic acids is 1. The van der Waals surface area contributed by atoms with E-state index in [9.17, 15) is 9.59 Å². The van der Waals surface area contributed by atoms with Crippen LogP contribution in [0, 0.1) is 0 Å². The van der Waals surface area contributed by atoms with E-state index in [1.807, 2.05) is 0 Å². The summed E-state index contributed by atoms with van der Waals surface area (Å²) in [5, 5.41) is 8.70. The number of likely N-dealkylation sites (N-methyl/N-ethyl adjacent to an activating group) is 1. The standard InChI is InChI=1S/C9H8Cl2N2O3/c1-13(4-8(14)15)9(16)5-2-6(10)12-7(11)3-5/h2-3H,4H2,1H3,(H,14,15). The van der Waals surface area contributed by atoms with Gasteiger partial charge in [-0.05, 0) is 12.1 Å². The zero-order valence-corrected chi connectivity index (χ0v) is 9.79. The topological polar surface area (TPSA) is 70.5 Å². The number of amides is 1. The first-order valence-electron chi connectivity index (χ1n) is 4.20. The number of nitrogens with zero attached hydrogens (tertiary/aromatic N) is 2. The second-order valence-electron chi connectivity index (χ2n) is 3.06. The molecule has 5 nitrogen and oxygen atoms in total. The number of hydrogen-bond donors (Lipinski definition) is 1. The van der Waals surface area contributed by atoms with E-state index in [1.165, 1.54) is 19.2 Å². The molecule has 1 rings (SSSR count). The van der Waals surface area contributed by atoms with Gasteiger partial charge in [0.2, 0.25) is 0 Å². The molecule has 0 spiro atoms. The van der Waals surface area contributed by atoms with Gasteiger partial charge in [-0.1, -0.05) is 23.2 Å². The van der Waals surface area contributed by atoms with Crippen molar-refractivity contribution in [3.63, 3.8) is 0 Å². The fourth-order valence-corrected chi connectivity index (χ4v) is 1.54. The number of carbonyl (C=O) groups is 2. The van der Waals surface area contributed by atoms with Gasteiger partial charge in [0.25, 0.3) is 5.91 Å². The number of carboxylic acid groups (broad SMARTS) is 1. The van der Waals surface area contributed by atoms with Crippen LogP contribution in [-0.4, -0.2) is 40.5 Å². The third-order valence-corrected chi connectivity index (χ3v) is 2.12. The van der Waals surface area contributed by atoms with Crippen LogP contribution in [0.1, 0.15) is 10.4 Å². The van der Waals surface area contributed by atoms with Gasteiger partial charge < -0.3 is 10.0 Å². The van der Waals surface area contributed by atoms with Gasteiger partial charge in [-0.3, -0.25) is 9.59 Å². The second-order valence-corrected chi connectivity index (χ2v) is 3.83. The average molecular weight is 263 g/mol. The summed E-state index contributed by atoms with van der Waals surface area (Å²) in [4.78, 5) is 26.8. The maximum absolute atomic E-state index is 11.7. The molecule has 1 heterocycles. The summed E-state index contributed by atoms with van der Waals surface area (Å²) >= 11 is 11.2. The van der Waals surface area contributed by atoms with Gasteiger partial charge in [-0.15, -0.1) is 0 Å². The minimum Gasteiger partial charge on any atom is -0.480 e. The van der Waals surface area contributed by atoms with Crippen LogP contribution in [0.25, 0.3) is 0 Å². The highest BCUT2D eigenvalue weighted by molar-refractivity contribution is 6.33. The Kier molecular flexibility index (Phi) is 4.09. The van der Waals surface area contributed by atoms with Crippen molar-refractivity contribution in [2.24, 2.45) is 0 Å². The van der Waals surface area contributed by atoms with Crippen LogP contribution in [0.3, 0.4) is 0 Å². The molecule has 1 aromatic heterocycles. The lowest BCUT2D eigenvalue weighted by atomic mass is 10.2. The normalized spacial score (nSPS) is 9.94. The minimum atomic E-state index is -1.10.